The Balaban J connectivity index is 2.20. The second-order valence-corrected chi connectivity index (χ2v) is 4.63. The van der Waals surface area contributed by atoms with E-state index in [1.807, 2.05) is 30.1 Å². The van der Waals surface area contributed by atoms with Crippen molar-refractivity contribution in [1.29, 1.82) is 0 Å². The van der Waals surface area contributed by atoms with Crippen LogP contribution in [0.5, 0.6) is 0 Å². The first-order chi connectivity index (χ1) is 8.18. The van der Waals surface area contributed by atoms with E-state index in [1.165, 1.54) is 6.33 Å². The minimum atomic E-state index is 0.405. The monoisotopic (exact) mass is 312 g/mol. The largest absolute Gasteiger partial charge is 0.353 e. The van der Waals surface area contributed by atoms with Crippen LogP contribution in [-0.2, 0) is 6.54 Å². The molecule has 0 aromatic carbocycles. The van der Waals surface area contributed by atoms with Crippen LogP contribution < -0.4 is 4.90 Å². The van der Waals surface area contributed by atoms with E-state index in [9.17, 15) is 0 Å². The van der Waals surface area contributed by atoms with Crippen molar-refractivity contribution < 1.29 is 0 Å². The number of halogens is 2. The molecule has 2 aromatic rings. The van der Waals surface area contributed by atoms with E-state index in [4.69, 9.17) is 11.6 Å². The van der Waals surface area contributed by atoms with Crippen LogP contribution in [0.1, 0.15) is 5.69 Å². The number of nitrogens with zero attached hydrogens (tertiary/aromatic N) is 4. The van der Waals surface area contributed by atoms with Gasteiger partial charge in [0, 0.05) is 13.2 Å². The topological polar surface area (TPSA) is 41.9 Å². The van der Waals surface area contributed by atoms with Gasteiger partial charge in [-0.1, -0.05) is 17.7 Å². The average molecular weight is 314 g/mol. The Bertz CT molecular complexity index is 506. The van der Waals surface area contributed by atoms with Gasteiger partial charge in [-0.05, 0) is 28.1 Å². The Morgan fingerprint density at radius 2 is 2.12 bits per heavy atom. The molecule has 6 heteroatoms. The van der Waals surface area contributed by atoms with Crippen molar-refractivity contribution >= 4 is 33.3 Å². The quantitative estimate of drug-likeness (QED) is 0.817. The van der Waals surface area contributed by atoms with Crippen molar-refractivity contribution in [1.82, 2.24) is 15.0 Å². The number of rotatable bonds is 3. The van der Waals surface area contributed by atoms with Crippen molar-refractivity contribution in [2.24, 2.45) is 0 Å². The van der Waals surface area contributed by atoms with Gasteiger partial charge < -0.3 is 4.90 Å². The summed E-state index contributed by atoms with van der Waals surface area (Å²) in [7, 11) is 1.93. The van der Waals surface area contributed by atoms with E-state index in [0.29, 0.717) is 16.2 Å². The number of anilines is 1. The van der Waals surface area contributed by atoms with Crippen LogP contribution in [0.3, 0.4) is 0 Å². The Morgan fingerprint density at radius 1 is 1.29 bits per heavy atom. The van der Waals surface area contributed by atoms with E-state index >= 15 is 0 Å². The summed E-state index contributed by atoms with van der Waals surface area (Å²) in [6, 6.07) is 5.81. The highest BCUT2D eigenvalue weighted by Crippen LogP contribution is 2.28. The van der Waals surface area contributed by atoms with Gasteiger partial charge >= 0.3 is 0 Å². The minimum absolute atomic E-state index is 0.405. The van der Waals surface area contributed by atoms with E-state index in [2.05, 4.69) is 30.9 Å². The molecule has 0 bridgehead atoms. The number of pyridine rings is 1. The molecule has 2 rings (SSSR count). The Hall–Kier alpha value is -1.20. The molecular formula is C11H10BrClN4. The van der Waals surface area contributed by atoms with Gasteiger partial charge in [0.1, 0.15) is 17.3 Å². The van der Waals surface area contributed by atoms with Crippen LogP contribution in [0.25, 0.3) is 0 Å². The fraction of sp³-hybridized carbons (Fsp3) is 0.182. The first kappa shape index (κ1) is 12.3. The van der Waals surface area contributed by atoms with Crippen LogP contribution in [0, 0.1) is 0 Å². The molecule has 2 heterocycles. The summed E-state index contributed by atoms with van der Waals surface area (Å²) < 4.78 is 0.695. The van der Waals surface area contributed by atoms with E-state index in [0.717, 1.165) is 11.5 Å². The minimum Gasteiger partial charge on any atom is -0.353 e. The zero-order chi connectivity index (χ0) is 12.3. The molecule has 2 aromatic heterocycles. The summed E-state index contributed by atoms with van der Waals surface area (Å²) in [5.41, 5.74) is 0.969. The molecule has 0 aliphatic heterocycles. The van der Waals surface area contributed by atoms with Gasteiger partial charge in [0.15, 0.2) is 0 Å². The second-order valence-electron chi connectivity index (χ2n) is 3.48. The van der Waals surface area contributed by atoms with Crippen LogP contribution in [0.15, 0.2) is 35.2 Å². The lowest BCUT2D eigenvalue weighted by Gasteiger charge is -2.18. The van der Waals surface area contributed by atoms with Crippen LogP contribution >= 0.6 is 27.5 Å². The first-order valence-corrected chi connectivity index (χ1v) is 6.12. The Morgan fingerprint density at radius 3 is 2.82 bits per heavy atom. The summed E-state index contributed by atoms with van der Waals surface area (Å²) in [6.07, 6.45) is 3.21. The molecule has 0 amide bonds. The molecule has 0 spiro atoms. The molecule has 0 fully saturated rings. The molecule has 88 valence electrons. The van der Waals surface area contributed by atoms with Gasteiger partial charge in [-0.2, -0.15) is 0 Å². The van der Waals surface area contributed by atoms with Crippen molar-refractivity contribution in [2.45, 2.75) is 6.54 Å². The molecule has 0 aliphatic rings. The highest BCUT2D eigenvalue weighted by molar-refractivity contribution is 9.10. The smallest absolute Gasteiger partial charge is 0.148 e. The van der Waals surface area contributed by atoms with Crippen molar-refractivity contribution in [3.05, 3.63) is 46.0 Å². The Kier molecular flexibility index (Phi) is 3.91. The summed E-state index contributed by atoms with van der Waals surface area (Å²) in [5, 5.41) is 0.405. The number of hydrogen-bond donors (Lipinski definition) is 0. The third-order valence-electron chi connectivity index (χ3n) is 2.22. The molecule has 4 nitrogen and oxygen atoms in total. The Labute approximate surface area is 113 Å². The summed E-state index contributed by atoms with van der Waals surface area (Å²) in [6.45, 7) is 0.660. The third-order valence-corrected chi connectivity index (χ3v) is 3.46. The predicted molar refractivity (Wildman–Crippen MR) is 71.1 cm³/mol. The van der Waals surface area contributed by atoms with Gasteiger partial charge in [-0.25, -0.2) is 9.97 Å². The summed E-state index contributed by atoms with van der Waals surface area (Å²) >= 11 is 9.30. The number of hydrogen-bond acceptors (Lipinski definition) is 4. The molecule has 0 N–H and O–H groups in total. The standard InChI is InChI=1S/C11H10BrClN4/c1-17(6-8-4-2-3-5-14-8)11-9(12)10(13)15-7-16-11/h2-5,7H,6H2,1H3. The van der Waals surface area contributed by atoms with Crippen LogP contribution in [-0.4, -0.2) is 22.0 Å². The zero-order valence-electron chi connectivity index (χ0n) is 9.14. The van der Waals surface area contributed by atoms with E-state index in [1.54, 1.807) is 6.20 Å². The van der Waals surface area contributed by atoms with Crippen molar-refractivity contribution in [2.75, 3.05) is 11.9 Å². The third kappa shape index (κ3) is 2.92. The molecule has 0 unspecified atom stereocenters. The lowest BCUT2D eigenvalue weighted by molar-refractivity contribution is 0.857. The maximum atomic E-state index is 5.92. The zero-order valence-corrected chi connectivity index (χ0v) is 11.5. The van der Waals surface area contributed by atoms with Gasteiger partial charge in [0.05, 0.1) is 16.7 Å². The van der Waals surface area contributed by atoms with Gasteiger partial charge in [0.2, 0.25) is 0 Å². The predicted octanol–water partition coefficient (Wildman–Crippen LogP) is 2.92. The fourth-order valence-electron chi connectivity index (χ4n) is 1.42. The fourth-order valence-corrected chi connectivity index (χ4v) is 2.05. The first-order valence-electron chi connectivity index (χ1n) is 4.95. The van der Waals surface area contributed by atoms with E-state index in [-0.39, 0.29) is 0 Å². The van der Waals surface area contributed by atoms with Crippen molar-refractivity contribution in [3.63, 3.8) is 0 Å². The second kappa shape index (κ2) is 5.42. The lowest BCUT2D eigenvalue weighted by Crippen LogP contribution is -2.19. The molecule has 0 radical (unpaired) electrons. The average Bonchev–Trinajstić information content (AvgIpc) is 2.34. The SMILES string of the molecule is CN(Cc1ccccn1)c1ncnc(Cl)c1Br. The van der Waals surface area contributed by atoms with Gasteiger partial charge in [-0.15, -0.1) is 0 Å². The van der Waals surface area contributed by atoms with E-state index < -0.39 is 0 Å². The molecule has 0 saturated carbocycles. The maximum absolute atomic E-state index is 5.92. The summed E-state index contributed by atoms with van der Waals surface area (Å²) in [5.74, 6) is 0.746. The van der Waals surface area contributed by atoms with Crippen LogP contribution in [0.4, 0.5) is 5.82 Å². The van der Waals surface area contributed by atoms with Gasteiger partial charge in [-0.3, -0.25) is 4.98 Å². The van der Waals surface area contributed by atoms with Crippen molar-refractivity contribution in [3.8, 4) is 0 Å². The summed E-state index contributed by atoms with van der Waals surface area (Å²) in [4.78, 5) is 14.3. The highest BCUT2D eigenvalue weighted by Gasteiger charge is 2.11. The number of aromatic nitrogens is 3. The van der Waals surface area contributed by atoms with Gasteiger partial charge in [0.25, 0.3) is 0 Å². The normalized spacial score (nSPS) is 10.3. The lowest BCUT2D eigenvalue weighted by atomic mass is 10.3. The molecular weight excluding hydrogens is 304 g/mol. The molecule has 0 atom stereocenters. The van der Waals surface area contributed by atoms with Crippen LogP contribution in [0.2, 0.25) is 5.15 Å². The maximum Gasteiger partial charge on any atom is 0.148 e. The molecule has 0 aliphatic carbocycles. The molecule has 0 saturated heterocycles. The molecule has 17 heavy (non-hydrogen) atoms. The highest BCUT2D eigenvalue weighted by atomic mass is 79.9.